The standard InChI is InChI=1S/C24H26ClN3O3/c1-13-15(3)28(12-26-7)22-18(13)20(16-8-10-17(25)11-9-16)19(14(2)27-22)21(23(29)30)31-24(4,5)6/h8-11,21H,12H2,1-6H3,(H,29,30). The maximum Gasteiger partial charge on any atom is 0.337 e. The van der Waals surface area contributed by atoms with Gasteiger partial charge in [-0.2, -0.15) is 0 Å². The summed E-state index contributed by atoms with van der Waals surface area (Å²) >= 11 is 6.12. The lowest BCUT2D eigenvalue weighted by Crippen LogP contribution is -2.28. The Morgan fingerprint density at radius 2 is 1.87 bits per heavy atom. The van der Waals surface area contributed by atoms with Crippen molar-refractivity contribution in [2.75, 3.05) is 0 Å². The lowest BCUT2D eigenvalue weighted by Gasteiger charge is -2.28. The summed E-state index contributed by atoms with van der Waals surface area (Å²) in [6.45, 7) is 18.7. The van der Waals surface area contributed by atoms with Crippen LogP contribution in [0.4, 0.5) is 0 Å². The lowest BCUT2D eigenvalue weighted by atomic mass is 9.91. The minimum absolute atomic E-state index is 0.142. The second kappa shape index (κ2) is 8.33. The number of aliphatic carboxylic acids is 1. The third-order valence-corrected chi connectivity index (χ3v) is 5.54. The Morgan fingerprint density at radius 1 is 1.26 bits per heavy atom. The highest BCUT2D eigenvalue weighted by Crippen LogP contribution is 2.42. The summed E-state index contributed by atoms with van der Waals surface area (Å²) < 4.78 is 7.87. The zero-order valence-electron chi connectivity index (χ0n) is 18.6. The Labute approximate surface area is 187 Å². The molecule has 0 aliphatic carbocycles. The third kappa shape index (κ3) is 4.30. The molecule has 162 valence electrons. The Kier molecular flexibility index (Phi) is 6.13. The number of benzene rings is 1. The Morgan fingerprint density at radius 3 is 2.39 bits per heavy atom. The van der Waals surface area contributed by atoms with Gasteiger partial charge in [0.2, 0.25) is 0 Å². The molecule has 2 aromatic heterocycles. The first-order valence-electron chi connectivity index (χ1n) is 9.96. The van der Waals surface area contributed by atoms with Crippen LogP contribution in [0.15, 0.2) is 24.3 Å². The Bertz CT molecular complexity index is 1200. The number of carbonyl (C=O) groups is 1. The number of hydrogen-bond donors (Lipinski definition) is 1. The second-order valence-corrected chi connectivity index (χ2v) is 9.01. The van der Waals surface area contributed by atoms with E-state index in [-0.39, 0.29) is 6.67 Å². The number of ether oxygens (including phenoxy) is 1. The van der Waals surface area contributed by atoms with Gasteiger partial charge in [-0.15, -0.1) is 0 Å². The molecule has 31 heavy (non-hydrogen) atoms. The van der Waals surface area contributed by atoms with Crippen LogP contribution >= 0.6 is 11.6 Å². The van der Waals surface area contributed by atoms with Crippen molar-refractivity contribution in [2.24, 2.45) is 0 Å². The number of nitrogens with zero attached hydrogens (tertiary/aromatic N) is 3. The fourth-order valence-electron chi connectivity index (χ4n) is 3.86. The van der Waals surface area contributed by atoms with Crippen molar-refractivity contribution >= 4 is 28.6 Å². The normalized spacial score (nSPS) is 12.7. The van der Waals surface area contributed by atoms with Gasteiger partial charge in [0, 0.05) is 32.9 Å². The van der Waals surface area contributed by atoms with E-state index in [9.17, 15) is 9.90 Å². The SMILES string of the molecule is [C-]#[N+]Cn1c(C)c(C)c2c(-c3ccc(Cl)cc3)c(C(OC(C)(C)C)C(=O)O)c(C)nc21. The first kappa shape index (κ1) is 22.8. The minimum Gasteiger partial charge on any atom is -0.479 e. The number of aromatic nitrogens is 2. The average Bonchev–Trinajstić information content (AvgIpc) is 2.90. The second-order valence-electron chi connectivity index (χ2n) is 8.58. The van der Waals surface area contributed by atoms with Gasteiger partial charge in [0.1, 0.15) is 5.65 Å². The van der Waals surface area contributed by atoms with Gasteiger partial charge in [0.15, 0.2) is 6.10 Å². The van der Waals surface area contributed by atoms with E-state index in [4.69, 9.17) is 27.9 Å². The van der Waals surface area contributed by atoms with E-state index >= 15 is 0 Å². The van der Waals surface area contributed by atoms with Crippen LogP contribution in [0, 0.1) is 27.3 Å². The van der Waals surface area contributed by atoms with Gasteiger partial charge in [0.25, 0.3) is 6.67 Å². The highest BCUT2D eigenvalue weighted by Gasteiger charge is 2.33. The molecule has 6 nitrogen and oxygen atoms in total. The van der Waals surface area contributed by atoms with Gasteiger partial charge in [-0.05, 0) is 64.8 Å². The molecule has 0 radical (unpaired) electrons. The zero-order valence-corrected chi connectivity index (χ0v) is 19.3. The number of halogens is 1. The van der Waals surface area contributed by atoms with Crippen LogP contribution < -0.4 is 0 Å². The number of pyridine rings is 1. The smallest absolute Gasteiger partial charge is 0.337 e. The number of carboxylic acid groups (broad SMARTS) is 1. The van der Waals surface area contributed by atoms with Gasteiger partial charge >= 0.3 is 5.97 Å². The van der Waals surface area contributed by atoms with Gasteiger partial charge in [-0.1, -0.05) is 23.7 Å². The highest BCUT2D eigenvalue weighted by molar-refractivity contribution is 6.30. The fraction of sp³-hybridized carbons (Fsp3) is 0.375. The molecule has 0 aliphatic rings. The minimum atomic E-state index is -1.20. The van der Waals surface area contributed by atoms with E-state index in [1.54, 1.807) is 19.1 Å². The van der Waals surface area contributed by atoms with Crippen LogP contribution in [0.1, 0.15) is 49.4 Å². The summed E-state index contributed by atoms with van der Waals surface area (Å²) in [5, 5.41) is 11.5. The van der Waals surface area contributed by atoms with Crippen LogP contribution in [0.5, 0.6) is 0 Å². The van der Waals surface area contributed by atoms with E-state index in [1.807, 2.05) is 51.3 Å². The van der Waals surface area contributed by atoms with Crippen LogP contribution in [-0.4, -0.2) is 26.2 Å². The summed E-state index contributed by atoms with van der Waals surface area (Å²) in [6, 6.07) is 7.30. The van der Waals surface area contributed by atoms with E-state index in [0.717, 1.165) is 27.8 Å². The molecule has 0 amide bonds. The first-order chi connectivity index (χ1) is 14.5. The molecule has 0 saturated heterocycles. The van der Waals surface area contributed by atoms with E-state index < -0.39 is 17.7 Å². The molecule has 1 unspecified atom stereocenters. The molecule has 1 atom stereocenters. The van der Waals surface area contributed by atoms with E-state index in [2.05, 4.69) is 4.85 Å². The Balaban J connectivity index is 2.50. The predicted molar refractivity (Wildman–Crippen MR) is 122 cm³/mol. The van der Waals surface area contributed by atoms with Gasteiger partial charge in [-0.25, -0.2) is 16.4 Å². The van der Waals surface area contributed by atoms with Crippen molar-refractivity contribution in [3.63, 3.8) is 0 Å². The Hall–Kier alpha value is -2.88. The van der Waals surface area contributed by atoms with Crippen molar-refractivity contribution in [1.29, 1.82) is 0 Å². The molecule has 3 rings (SSSR count). The van der Waals surface area contributed by atoms with Crippen LogP contribution in [0.2, 0.25) is 5.02 Å². The lowest BCUT2D eigenvalue weighted by molar-refractivity contribution is -0.160. The summed E-state index contributed by atoms with van der Waals surface area (Å²) in [5.41, 5.74) is 4.51. The summed E-state index contributed by atoms with van der Waals surface area (Å²) in [4.78, 5) is 20.7. The quantitative estimate of drug-likeness (QED) is 0.487. The monoisotopic (exact) mass is 439 g/mol. The molecule has 7 heteroatoms. The van der Waals surface area contributed by atoms with E-state index in [1.165, 1.54) is 0 Å². The molecule has 0 saturated carbocycles. The van der Waals surface area contributed by atoms with Crippen LogP contribution in [-0.2, 0) is 16.2 Å². The van der Waals surface area contributed by atoms with Crippen molar-refractivity contribution < 1.29 is 14.6 Å². The van der Waals surface area contributed by atoms with Gasteiger partial charge < -0.3 is 9.84 Å². The largest absolute Gasteiger partial charge is 0.479 e. The number of aryl methyl sites for hydroxylation is 2. The topological polar surface area (TPSA) is 68.7 Å². The number of rotatable bonds is 5. The summed E-state index contributed by atoms with van der Waals surface area (Å²) in [6.07, 6.45) is -1.20. The summed E-state index contributed by atoms with van der Waals surface area (Å²) in [5.74, 6) is -1.08. The van der Waals surface area contributed by atoms with Crippen LogP contribution in [0.25, 0.3) is 27.0 Å². The number of fused-ring (bicyclic) bond motifs is 1. The van der Waals surface area contributed by atoms with Crippen molar-refractivity contribution in [1.82, 2.24) is 9.55 Å². The maximum absolute atomic E-state index is 12.3. The molecule has 0 aliphatic heterocycles. The molecule has 1 aromatic carbocycles. The van der Waals surface area contributed by atoms with Crippen molar-refractivity contribution in [3.05, 3.63) is 63.2 Å². The number of hydrogen-bond acceptors (Lipinski definition) is 3. The molecular weight excluding hydrogens is 414 g/mol. The molecule has 2 heterocycles. The molecule has 1 N–H and O–H groups in total. The molecular formula is C24H26ClN3O3. The molecule has 3 aromatic rings. The van der Waals surface area contributed by atoms with Gasteiger partial charge in [-0.3, -0.25) is 9.41 Å². The fourth-order valence-corrected chi connectivity index (χ4v) is 3.99. The number of carboxylic acids is 1. The molecule has 0 fully saturated rings. The van der Waals surface area contributed by atoms with E-state index in [0.29, 0.717) is 21.9 Å². The molecule has 0 bridgehead atoms. The van der Waals surface area contributed by atoms with Crippen LogP contribution in [0.3, 0.4) is 0 Å². The summed E-state index contributed by atoms with van der Waals surface area (Å²) in [7, 11) is 0. The third-order valence-electron chi connectivity index (χ3n) is 5.29. The van der Waals surface area contributed by atoms with Gasteiger partial charge in [0.05, 0.1) is 5.60 Å². The maximum atomic E-state index is 12.3. The zero-order chi connectivity index (χ0) is 23.1. The predicted octanol–water partition coefficient (Wildman–Crippen LogP) is 6.10. The average molecular weight is 440 g/mol. The molecule has 0 spiro atoms. The first-order valence-corrected chi connectivity index (χ1v) is 10.3. The highest BCUT2D eigenvalue weighted by atomic mass is 35.5. The van der Waals surface area contributed by atoms with Crippen molar-refractivity contribution in [2.45, 2.75) is 59.9 Å². The van der Waals surface area contributed by atoms with Crippen molar-refractivity contribution in [3.8, 4) is 11.1 Å².